The molecule has 0 spiro atoms. The Morgan fingerprint density at radius 1 is 1.08 bits per heavy atom. The van der Waals surface area contributed by atoms with Crippen LogP contribution in [0.15, 0.2) is 16.7 Å². The highest BCUT2D eigenvalue weighted by molar-refractivity contribution is 5.94. The molecule has 0 fully saturated rings. The third kappa shape index (κ3) is 1.40. The van der Waals surface area contributed by atoms with Crippen molar-refractivity contribution in [3.63, 3.8) is 0 Å². The van der Waals surface area contributed by atoms with Crippen LogP contribution in [0, 0.1) is 0 Å². The monoisotopic (exact) mass is 182 g/mol. The van der Waals surface area contributed by atoms with Gasteiger partial charge in [0.15, 0.2) is 0 Å². The van der Waals surface area contributed by atoms with Gasteiger partial charge in [0.05, 0.1) is 5.56 Å². The van der Waals surface area contributed by atoms with Crippen molar-refractivity contribution < 1.29 is 23.5 Å². The Bertz CT molecular complexity index is 319. The maximum absolute atomic E-state index is 11.1. The molecule has 1 aliphatic heterocycles. The molecule has 0 aliphatic carbocycles. The fraction of sp³-hybridized carbons (Fsp3) is 0.250. The molecule has 5 heteroatoms. The highest BCUT2D eigenvalue weighted by Gasteiger charge is 2.19. The van der Waals surface area contributed by atoms with Crippen molar-refractivity contribution in [1.82, 2.24) is 0 Å². The van der Waals surface area contributed by atoms with Crippen LogP contribution in [0.1, 0.15) is 20.9 Å². The van der Waals surface area contributed by atoms with Gasteiger partial charge in [0.1, 0.15) is 19.5 Å². The minimum atomic E-state index is -0.579. The number of hydrogen-bond donors (Lipinski definition) is 0. The third-order valence-electron chi connectivity index (χ3n) is 1.59. The maximum atomic E-state index is 11.1. The summed E-state index contributed by atoms with van der Waals surface area (Å²) in [5.74, 6) is -1.06. The standard InChI is InChI=1S/C8H6O5/c9-7-5-3-6(13-4-5)8(10)12-2-1-11-7/h3-4H,1-2H2. The molecule has 0 atom stereocenters. The van der Waals surface area contributed by atoms with Gasteiger partial charge in [0.2, 0.25) is 5.76 Å². The van der Waals surface area contributed by atoms with Crippen LogP contribution in [-0.4, -0.2) is 25.2 Å². The van der Waals surface area contributed by atoms with Gasteiger partial charge in [-0.15, -0.1) is 0 Å². The summed E-state index contributed by atoms with van der Waals surface area (Å²) in [7, 11) is 0. The van der Waals surface area contributed by atoms with Crippen molar-refractivity contribution in [2.45, 2.75) is 0 Å². The predicted molar refractivity (Wildman–Crippen MR) is 39.3 cm³/mol. The first-order valence-electron chi connectivity index (χ1n) is 3.70. The molecule has 0 unspecified atom stereocenters. The average Bonchev–Trinajstić information content (AvgIpc) is 2.60. The van der Waals surface area contributed by atoms with Crippen LogP contribution in [0.2, 0.25) is 0 Å². The van der Waals surface area contributed by atoms with E-state index in [-0.39, 0.29) is 24.5 Å². The molecule has 1 aromatic rings. The summed E-state index contributed by atoms with van der Waals surface area (Å²) >= 11 is 0. The lowest BCUT2D eigenvalue weighted by atomic mass is 10.3. The zero-order valence-corrected chi connectivity index (χ0v) is 6.61. The minimum Gasteiger partial charge on any atom is -0.458 e. The van der Waals surface area contributed by atoms with E-state index in [1.54, 1.807) is 0 Å². The van der Waals surface area contributed by atoms with Crippen molar-refractivity contribution in [2.24, 2.45) is 0 Å². The number of carbonyl (C=O) groups is 2. The van der Waals surface area contributed by atoms with Crippen LogP contribution < -0.4 is 0 Å². The molecular formula is C8H6O5. The van der Waals surface area contributed by atoms with Gasteiger partial charge >= 0.3 is 11.9 Å². The van der Waals surface area contributed by atoms with Crippen molar-refractivity contribution in [3.8, 4) is 0 Å². The number of furan rings is 1. The molecule has 5 nitrogen and oxygen atoms in total. The lowest BCUT2D eigenvalue weighted by molar-refractivity contribution is 0.0247. The zero-order chi connectivity index (χ0) is 9.26. The largest absolute Gasteiger partial charge is 0.458 e. The Labute approximate surface area is 73.2 Å². The quantitative estimate of drug-likeness (QED) is 0.550. The molecule has 0 saturated carbocycles. The summed E-state index contributed by atoms with van der Waals surface area (Å²) in [6.45, 7) is 0.127. The zero-order valence-electron chi connectivity index (χ0n) is 6.61. The molecule has 13 heavy (non-hydrogen) atoms. The summed E-state index contributed by atoms with van der Waals surface area (Å²) in [6.07, 6.45) is 1.17. The summed E-state index contributed by atoms with van der Waals surface area (Å²) in [5.41, 5.74) is 0.230. The van der Waals surface area contributed by atoms with Crippen LogP contribution in [0.5, 0.6) is 0 Å². The number of ether oxygens (including phenoxy) is 2. The van der Waals surface area contributed by atoms with Crippen molar-refractivity contribution in [3.05, 3.63) is 23.7 Å². The highest BCUT2D eigenvalue weighted by Crippen LogP contribution is 2.12. The number of cyclic esters (lactones) is 2. The van der Waals surface area contributed by atoms with E-state index in [0.29, 0.717) is 0 Å². The average molecular weight is 182 g/mol. The first kappa shape index (κ1) is 7.85. The molecule has 0 amide bonds. The van der Waals surface area contributed by atoms with E-state index >= 15 is 0 Å². The molecular weight excluding hydrogens is 176 g/mol. The van der Waals surface area contributed by atoms with E-state index in [1.807, 2.05) is 0 Å². The summed E-state index contributed by atoms with van der Waals surface area (Å²) in [5, 5.41) is 0. The Morgan fingerprint density at radius 2 is 1.77 bits per heavy atom. The molecule has 68 valence electrons. The minimum absolute atomic E-state index is 0.0221. The number of fused-ring (bicyclic) bond motifs is 2. The molecule has 0 radical (unpaired) electrons. The second-order valence-electron chi connectivity index (χ2n) is 2.47. The van der Waals surface area contributed by atoms with Crippen LogP contribution >= 0.6 is 0 Å². The van der Waals surface area contributed by atoms with Gasteiger partial charge in [-0.1, -0.05) is 0 Å². The molecule has 1 aliphatic rings. The topological polar surface area (TPSA) is 65.7 Å². The second kappa shape index (κ2) is 2.93. The summed E-state index contributed by atoms with van der Waals surface area (Å²) < 4.78 is 14.2. The Hall–Kier alpha value is -1.78. The fourth-order valence-electron chi connectivity index (χ4n) is 0.974. The van der Waals surface area contributed by atoms with Gasteiger partial charge in [-0.2, -0.15) is 0 Å². The van der Waals surface area contributed by atoms with E-state index in [0.717, 1.165) is 0 Å². The normalized spacial score (nSPS) is 16.6. The van der Waals surface area contributed by atoms with Gasteiger partial charge in [0, 0.05) is 6.07 Å². The van der Waals surface area contributed by atoms with Gasteiger partial charge < -0.3 is 13.9 Å². The number of hydrogen-bond acceptors (Lipinski definition) is 5. The Kier molecular flexibility index (Phi) is 1.77. The van der Waals surface area contributed by atoms with Crippen molar-refractivity contribution >= 4 is 11.9 Å². The van der Waals surface area contributed by atoms with E-state index in [9.17, 15) is 9.59 Å². The number of rotatable bonds is 0. The number of carbonyl (C=O) groups excluding carboxylic acids is 2. The Balaban J connectivity index is 2.37. The van der Waals surface area contributed by atoms with E-state index < -0.39 is 11.9 Å². The lowest BCUT2D eigenvalue weighted by Crippen LogP contribution is -2.11. The van der Waals surface area contributed by atoms with E-state index in [2.05, 4.69) is 0 Å². The molecule has 0 saturated heterocycles. The van der Waals surface area contributed by atoms with Gasteiger partial charge in [-0.25, -0.2) is 9.59 Å². The van der Waals surface area contributed by atoms with Crippen molar-refractivity contribution in [2.75, 3.05) is 13.2 Å². The summed E-state index contributed by atoms with van der Waals surface area (Å²) in [4.78, 5) is 22.2. The third-order valence-corrected chi connectivity index (χ3v) is 1.59. The molecule has 2 bridgehead atoms. The second-order valence-corrected chi connectivity index (χ2v) is 2.47. The Morgan fingerprint density at radius 3 is 2.54 bits per heavy atom. The highest BCUT2D eigenvalue weighted by atomic mass is 16.6. The smallest absolute Gasteiger partial charge is 0.374 e. The van der Waals surface area contributed by atoms with Crippen LogP contribution in [-0.2, 0) is 9.47 Å². The van der Waals surface area contributed by atoms with Crippen LogP contribution in [0.4, 0.5) is 0 Å². The first-order valence-corrected chi connectivity index (χ1v) is 3.70. The number of esters is 2. The molecule has 0 aromatic carbocycles. The first-order chi connectivity index (χ1) is 6.27. The predicted octanol–water partition coefficient (Wildman–Crippen LogP) is 0.607. The SMILES string of the molecule is O=C1OCCOC(=O)c2cc1co2. The molecule has 2 rings (SSSR count). The molecule has 1 aromatic heterocycles. The van der Waals surface area contributed by atoms with E-state index in [4.69, 9.17) is 13.9 Å². The van der Waals surface area contributed by atoms with E-state index in [1.165, 1.54) is 12.3 Å². The van der Waals surface area contributed by atoms with Gasteiger partial charge in [-0.3, -0.25) is 0 Å². The van der Waals surface area contributed by atoms with Crippen molar-refractivity contribution in [1.29, 1.82) is 0 Å². The van der Waals surface area contributed by atoms with Crippen LogP contribution in [0.25, 0.3) is 0 Å². The maximum Gasteiger partial charge on any atom is 0.374 e. The van der Waals surface area contributed by atoms with Gasteiger partial charge in [0.25, 0.3) is 0 Å². The molecule has 0 N–H and O–H groups in total. The lowest BCUT2D eigenvalue weighted by Gasteiger charge is -2.02. The molecule has 2 heterocycles. The summed E-state index contributed by atoms with van der Waals surface area (Å²) in [6, 6.07) is 1.30. The van der Waals surface area contributed by atoms with Crippen LogP contribution in [0.3, 0.4) is 0 Å². The fourth-order valence-corrected chi connectivity index (χ4v) is 0.974. The van der Waals surface area contributed by atoms with Gasteiger partial charge in [-0.05, 0) is 0 Å².